The molecule has 1 amide bonds. The number of nitrogens with one attached hydrogen (secondary N) is 1. The number of amides is 1. The molecule has 6 heteroatoms. The van der Waals surface area contributed by atoms with Crippen LogP contribution >= 0.6 is 0 Å². The van der Waals surface area contributed by atoms with Gasteiger partial charge in [-0.2, -0.15) is 0 Å². The molecule has 1 heterocycles. The maximum atomic E-state index is 12.1. The Morgan fingerprint density at radius 3 is 2.74 bits per heavy atom. The molecule has 0 aliphatic carbocycles. The zero-order valence-corrected chi connectivity index (χ0v) is 10.8. The van der Waals surface area contributed by atoms with Gasteiger partial charge in [-0.25, -0.2) is 0 Å². The van der Waals surface area contributed by atoms with Gasteiger partial charge in [-0.3, -0.25) is 14.9 Å². The molecule has 19 heavy (non-hydrogen) atoms. The molecule has 1 aromatic carbocycles. The summed E-state index contributed by atoms with van der Waals surface area (Å²) in [5, 5.41) is 13.8. The number of nitrogens with zero attached hydrogens (tertiary/aromatic N) is 2. The first kappa shape index (κ1) is 13.5. The van der Waals surface area contributed by atoms with Gasteiger partial charge >= 0.3 is 0 Å². The lowest BCUT2D eigenvalue weighted by atomic mass is 10.1. The summed E-state index contributed by atoms with van der Waals surface area (Å²) in [5.41, 5.74) is 0.855. The van der Waals surface area contributed by atoms with Gasteiger partial charge in [0.05, 0.1) is 11.3 Å². The predicted molar refractivity (Wildman–Crippen MR) is 70.8 cm³/mol. The van der Waals surface area contributed by atoms with E-state index in [4.69, 9.17) is 0 Å². The monoisotopic (exact) mass is 263 g/mol. The Morgan fingerprint density at radius 1 is 1.47 bits per heavy atom. The summed E-state index contributed by atoms with van der Waals surface area (Å²) in [4.78, 5) is 24.0. The van der Waals surface area contributed by atoms with Crippen molar-refractivity contribution in [3.05, 3.63) is 39.9 Å². The lowest BCUT2D eigenvalue weighted by molar-refractivity contribution is -0.384. The zero-order chi connectivity index (χ0) is 13.8. The van der Waals surface area contributed by atoms with Crippen LogP contribution in [0.15, 0.2) is 24.3 Å². The molecule has 102 valence electrons. The second-order valence-electron chi connectivity index (χ2n) is 4.80. The highest BCUT2D eigenvalue weighted by Gasteiger charge is 2.20. The van der Waals surface area contributed by atoms with E-state index in [0.717, 1.165) is 18.7 Å². The Kier molecular flexibility index (Phi) is 4.11. The highest BCUT2D eigenvalue weighted by Crippen LogP contribution is 2.13. The number of nitro benzene ring substituents is 1. The summed E-state index contributed by atoms with van der Waals surface area (Å²) in [6, 6.07) is 6.46. The van der Waals surface area contributed by atoms with Gasteiger partial charge in [0, 0.05) is 37.8 Å². The van der Waals surface area contributed by atoms with Gasteiger partial charge in [-0.1, -0.05) is 12.1 Å². The smallest absolute Gasteiger partial charge is 0.269 e. The van der Waals surface area contributed by atoms with E-state index >= 15 is 0 Å². The number of benzene rings is 1. The number of hydrogen-bond donors (Lipinski definition) is 1. The molecule has 0 bridgehead atoms. The lowest BCUT2D eigenvalue weighted by Crippen LogP contribution is -2.51. The third-order valence-corrected chi connectivity index (χ3v) is 3.22. The number of hydrogen-bond acceptors (Lipinski definition) is 4. The fraction of sp³-hybridized carbons (Fsp3) is 0.462. The normalized spacial score (nSPS) is 19.2. The second kappa shape index (κ2) is 5.79. The molecule has 1 N–H and O–H groups in total. The van der Waals surface area contributed by atoms with Crippen LogP contribution in [0.3, 0.4) is 0 Å². The third kappa shape index (κ3) is 3.51. The van der Waals surface area contributed by atoms with Crippen molar-refractivity contribution < 1.29 is 9.72 Å². The Morgan fingerprint density at radius 2 is 2.16 bits per heavy atom. The number of piperazine rings is 1. The zero-order valence-electron chi connectivity index (χ0n) is 10.8. The van der Waals surface area contributed by atoms with Gasteiger partial charge in [-0.15, -0.1) is 0 Å². The van der Waals surface area contributed by atoms with Crippen LogP contribution in [0.1, 0.15) is 12.5 Å². The summed E-state index contributed by atoms with van der Waals surface area (Å²) >= 11 is 0. The van der Waals surface area contributed by atoms with Crippen molar-refractivity contribution in [3.63, 3.8) is 0 Å². The molecule has 2 rings (SSSR count). The Bertz CT molecular complexity index is 473. The summed E-state index contributed by atoms with van der Waals surface area (Å²) < 4.78 is 0. The number of carbonyl (C=O) groups excluding carboxylic acids is 1. The van der Waals surface area contributed by atoms with Crippen molar-refractivity contribution in [3.8, 4) is 0 Å². The van der Waals surface area contributed by atoms with Crippen molar-refractivity contribution in [2.75, 3.05) is 19.6 Å². The Hall–Kier alpha value is -1.95. The van der Waals surface area contributed by atoms with Crippen LogP contribution in [-0.4, -0.2) is 41.4 Å². The summed E-state index contributed by atoms with van der Waals surface area (Å²) in [7, 11) is 0. The Labute approximate surface area is 111 Å². The average molecular weight is 263 g/mol. The molecular weight excluding hydrogens is 246 g/mol. The first-order valence-corrected chi connectivity index (χ1v) is 6.31. The Balaban J connectivity index is 1.96. The summed E-state index contributed by atoms with van der Waals surface area (Å²) in [6.07, 6.45) is 0.296. The van der Waals surface area contributed by atoms with Gasteiger partial charge in [0.2, 0.25) is 5.91 Å². The predicted octanol–water partition coefficient (Wildman–Crippen LogP) is 0.958. The second-order valence-corrected chi connectivity index (χ2v) is 4.80. The lowest BCUT2D eigenvalue weighted by Gasteiger charge is -2.32. The standard InChI is InChI=1S/C13H17N3O3/c1-10-9-15(7-6-14-10)13(17)8-11-2-4-12(5-3-11)16(18)19/h2-5,10,14H,6-9H2,1H3/t10-/m0/s1. The fourth-order valence-electron chi connectivity index (χ4n) is 2.18. The maximum Gasteiger partial charge on any atom is 0.269 e. The molecule has 0 aromatic heterocycles. The number of rotatable bonds is 3. The topological polar surface area (TPSA) is 75.5 Å². The molecule has 1 aliphatic rings. The largest absolute Gasteiger partial charge is 0.340 e. The van der Waals surface area contributed by atoms with Crippen molar-refractivity contribution in [2.45, 2.75) is 19.4 Å². The van der Waals surface area contributed by atoms with Crippen molar-refractivity contribution in [1.29, 1.82) is 0 Å². The van der Waals surface area contributed by atoms with Crippen LogP contribution in [0.4, 0.5) is 5.69 Å². The molecule has 1 fully saturated rings. The van der Waals surface area contributed by atoms with E-state index in [1.807, 2.05) is 11.8 Å². The molecule has 0 radical (unpaired) electrons. The summed E-state index contributed by atoms with van der Waals surface area (Å²) in [6.45, 7) is 4.29. The molecule has 0 unspecified atom stereocenters. The van der Waals surface area contributed by atoms with Gasteiger partial charge in [-0.05, 0) is 12.5 Å². The highest BCUT2D eigenvalue weighted by molar-refractivity contribution is 5.79. The van der Waals surface area contributed by atoms with Gasteiger partial charge in [0.25, 0.3) is 5.69 Å². The van der Waals surface area contributed by atoms with E-state index in [-0.39, 0.29) is 11.6 Å². The molecule has 1 aromatic rings. The van der Waals surface area contributed by atoms with Crippen molar-refractivity contribution in [1.82, 2.24) is 10.2 Å². The number of nitro groups is 1. The fourth-order valence-corrected chi connectivity index (χ4v) is 2.18. The van der Waals surface area contributed by atoms with Gasteiger partial charge in [0.15, 0.2) is 0 Å². The molecule has 0 saturated carbocycles. The van der Waals surface area contributed by atoms with Crippen molar-refractivity contribution >= 4 is 11.6 Å². The van der Waals surface area contributed by atoms with E-state index < -0.39 is 4.92 Å². The van der Waals surface area contributed by atoms with Crippen LogP contribution < -0.4 is 5.32 Å². The van der Waals surface area contributed by atoms with Crippen LogP contribution in [0.2, 0.25) is 0 Å². The highest BCUT2D eigenvalue weighted by atomic mass is 16.6. The van der Waals surface area contributed by atoms with Crippen LogP contribution in [0.25, 0.3) is 0 Å². The van der Waals surface area contributed by atoms with Gasteiger partial charge in [0.1, 0.15) is 0 Å². The number of non-ortho nitro benzene ring substituents is 1. The van der Waals surface area contributed by atoms with Crippen LogP contribution in [-0.2, 0) is 11.2 Å². The minimum atomic E-state index is -0.441. The minimum Gasteiger partial charge on any atom is -0.340 e. The van der Waals surface area contributed by atoms with E-state index in [2.05, 4.69) is 5.32 Å². The molecule has 6 nitrogen and oxygen atoms in total. The SMILES string of the molecule is C[C@H]1CN(C(=O)Cc2ccc([N+](=O)[O-])cc2)CCN1. The molecule has 1 saturated heterocycles. The van der Waals surface area contributed by atoms with Gasteiger partial charge < -0.3 is 10.2 Å². The van der Waals surface area contributed by atoms with Crippen LogP contribution in [0.5, 0.6) is 0 Å². The first-order chi connectivity index (χ1) is 9.06. The number of carbonyl (C=O) groups is 1. The molecule has 1 aliphatic heterocycles. The van der Waals surface area contributed by atoms with Crippen LogP contribution in [0, 0.1) is 10.1 Å². The molecular formula is C13H17N3O3. The molecule has 0 spiro atoms. The minimum absolute atomic E-state index is 0.0481. The quantitative estimate of drug-likeness (QED) is 0.651. The summed E-state index contributed by atoms with van der Waals surface area (Å²) in [5.74, 6) is 0.0715. The van der Waals surface area contributed by atoms with E-state index in [0.29, 0.717) is 19.0 Å². The maximum absolute atomic E-state index is 12.1. The first-order valence-electron chi connectivity index (χ1n) is 6.31. The molecule has 1 atom stereocenters. The third-order valence-electron chi connectivity index (χ3n) is 3.22. The van der Waals surface area contributed by atoms with Crippen molar-refractivity contribution in [2.24, 2.45) is 0 Å². The average Bonchev–Trinajstić information content (AvgIpc) is 2.39. The van der Waals surface area contributed by atoms with E-state index in [9.17, 15) is 14.9 Å². The van der Waals surface area contributed by atoms with E-state index in [1.54, 1.807) is 12.1 Å². The van der Waals surface area contributed by atoms with E-state index in [1.165, 1.54) is 12.1 Å².